The summed E-state index contributed by atoms with van der Waals surface area (Å²) in [5.74, 6) is -1.04. The van der Waals surface area contributed by atoms with Crippen LogP contribution in [0.2, 0.25) is 10.0 Å². The van der Waals surface area contributed by atoms with Crippen molar-refractivity contribution in [3.05, 3.63) is 69.2 Å². The first-order valence-electron chi connectivity index (χ1n) is 9.27. The van der Waals surface area contributed by atoms with Crippen molar-refractivity contribution in [1.82, 2.24) is 9.80 Å². The van der Waals surface area contributed by atoms with Crippen LogP contribution in [0, 0.1) is 0 Å². The van der Waals surface area contributed by atoms with Crippen molar-refractivity contribution >= 4 is 40.7 Å². The Labute approximate surface area is 185 Å². The summed E-state index contributed by atoms with van der Waals surface area (Å²) >= 11 is 12.2. The van der Waals surface area contributed by atoms with Crippen LogP contribution in [0.3, 0.4) is 0 Å². The molecular formula is C22H22Cl2N2O4. The number of halogens is 2. The van der Waals surface area contributed by atoms with E-state index in [1.807, 2.05) is 19.0 Å². The molecule has 158 valence electrons. The van der Waals surface area contributed by atoms with Crippen LogP contribution >= 0.6 is 23.2 Å². The van der Waals surface area contributed by atoms with E-state index in [1.165, 1.54) is 12.0 Å². The first-order valence-corrected chi connectivity index (χ1v) is 10.0. The number of carbonyl (C=O) groups excluding carboxylic acids is 2. The van der Waals surface area contributed by atoms with Crippen molar-refractivity contribution in [3.63, 3.8) is 0 Å². The van der Waals surface area contributed by atoms with Crippen molar-refractivity contribution in [2.24, 2.45) is 0 Å². The molecule has 1 fully saturated rings. The molecule has 30 heavy (non-hydrogen) atoms. The third-order valence-corrected chi connectivity index (χ3v) is 5.69. The lowest BCUT2D eigenvalue weighted by molar-refractivity contribution is -0.140. The standard InChI is InChI=1S/C22H22Cl2N2O4/c1-25(2)10-11-26-19(14-6-9-16(23)17(24)12-14)18(21(28)22(26)29)20(27)13-4-7-15(30-3)8-5-13/h4-9,12,19,27H,10-11H2,1-3H3. The second-order valence-electron chi connectivity index (χ2n) is 7.20. The maximum atomic E-state index is 12.9. The number of hydrogen-bond acceptors (Lipinski definition) is 5. The van der Waals surface area contributed by atoms with E-state index >= 15 is 0 Å². The third kappa shape index (κ3) is 4.31. The molecule has 1 heterocycles. The molecule has 1 aliphatic heterocycles. The van der Waals surface area contributed by atoms with Crippen LogP contribution < -0.4 is 4.74 Å². The van der Waals surface area contributed by atoms with Crippen LogP contribution in [0.1, 0.15) is 17.2 Å². The Morgan fingerprint density at radius 2 is 1.77 bits per heavy atom. The molecule has 2 aromatic rings. The molecule has 0 aliphatic carbocycles. The summed E-state index contributed by atoms with van der Waals surface area (Å²) in [7, 11) is 5.29. The van der Waals surface area contributed by atoms with Gasteiger partial charge in [-0.05, 0) is 56.1 Å². The van der Waals surface area contributed by atoms with E-state index in [0.717, 1.165) is 0 Å². The highest BCUT2D eigenvalue weighted by Crippen LogP contribution is 2.40. The second-order valence-corrected chi connectivity index (χ2v) is 8.01. The maximum absolute atomic E-state index is 12.9. The van der Waals surface area contributed by atoms with E-state index in [2.05, 4.69) is 0 Å². The van der Waals surface area contributed by atoms with Gasteiger partial charge in [0.05, 0.1) is 28.8 Å². The second kappa shape index (κ2) is 9.08. The Kier molecular flexibility index (Phi) is 6.71. The first-order chi connectivity index (χ1) is 14.2. The van der Waals surface area contributed by atoms with E-state index < -0.39 is 17.7 Å². The molecule has 0 aromatic heterocycles. The first kappa shape index (κ1) is 22.2. The van der Waals surface area contributed by atoms with Crippen molar-refractivity contribution in [2.75, 3.05) is 34.3 Å². The topological polar surface area (TPSA) is 70.1 Å². The summed E-state index contributed by atoms with van der Waals surface area (Å²) in [5, 5.41) is 11.7. The molecule has 1 aliphatic rings. The lowest BCUT2D eigenvalue weighted by Gasteiger charge is -2.26. The fraction of sp³-hybridized carbons (Fsp3) is 0.273. The molecule has 0 bridgehead atoms. The zero-order chi connectivity index (χ0) is 22.0. The van der Waals surface area contributed by atoms with Crippen molar-refractivity contribution in [1.29, 1.82) is 0 Å². The van der Waals surface area contributed by atoms with Crippen LogP contribution in [0.15, 0.2) is 48.0 Å². The van der Waals surface area contributed by atoms with Crippen LogP contribution in [0.4, 0.5) is 0 Å². The number of amides is 1. The van der Waals surface area contributed by atoms with Gasteiger partial charge in [-0.25, -0.2) is 0 Å². The molecule has 1 atom stereocenters. The Balaban J connectivity index is 2.15. The number of likely N-dealkylation sites (tertiary alicyclic amines) is 1. The van der Waals surface area contributed by atoms with E-state index in [-0.39, 0.29) is 11.3 Å². The number of aliphatic hydroxyl groups excluding tert-OH is 1. The molecule has 6 nitrogen and oxygen atoms in total. The van der Waals surface area contributed by atoms with E-state index in [9.17, 15) is 14.7 Å². The molecule has 0 spiro atoms. The number of Topliss-reactive ketones (excluding diaryl/α,β-unsaturated/α-hetero) is 1. The number of nitrogens with zero attached hydrogens (tertiary/aromatic N) is 2. The number of aliphatic hydroxyl groups is 1. The fourth-order valence-corrected chi connectivity index (χ4v) is 3.66. The van der Waals surface area contributed by atoms with Gasteiger partial charge in [-0.3, -0.25) is 9.59 Å². The predicted octanol–water partition coefficient (Wildman–Crippen LogP) is 3.99. The predicted molar refractivity (Wildman–Crippen MR) is 117 cm³/mol. The quantitative estimate of drug-likeness (QED) is 0.411. The molecule has 3 rings (SSSR count). The van der Waals surface area contributed by atoms with Gasteiger partial charge in [0.2, 0.25) is 0 Å². The Bertz CT molecular complexity index is 1000. The Hall–Kier alpha value is -2.54. The molecule has 2 aromatic carbocycles. The van der Waals surface area contributed by atoms with Gasteiger partial charge in [0, 0.05) is 18.7 Å². The molecular weight excluding hydrogens is 427 g/mol. The van der Waals surface area contributed by atoms with Crippen molar-refractivity contribution < 1.29 is 19.4 Å². The highest BCUT2D eigenvalue weighted by atomic mass is 35.5. The average molecular weight is 449 g/mol. The normalized spacial score (nSPS) is 18.3. The van der Waals surface area contributed by atoms with E-state index in [0.29, 0.717) is 40.0 Å². The van der Waals surface area contributed by atoms with Crippen LogP contribution in [-0.2, 0) is 9.59 Å². The fourth-order valence-electron chi connectivity index (χ4n) is 3.35. The van der Waals surface area contributed by atoms with Crippen LogP contribution in [0.25, 0.3) is 5.76 Å². The average Bonchev–Trinajstić information content (AvgIpc) is 2.98. The summed E-state index contributed by atoms with van der Waals surface area (Å²) in [5.41, 5.74) is 1.02. The number of carbonyl (C=O) groups is 2. The third-order valence-electron chi connectivity index (χ3n) is 4.95. The summed E-state index contributed by atoms with van der Waals surface area (Å²) in [6, 6.07) is 10.8. The van der Waals surface area contributed by atoms with Crippen LogP contribution in [0.5, 0.6) is 5.75 Å². The molecule has 1 amide bonds. The maximum Gasteiger partial charge on any atom is 0.295 e. The number of methoxy groups -OCH3 is 1. The van der Waals surface area contributed by atoms with Gasteiger partial charge < -0.3 is 19.6 Å². The van der Waals surface area contributed by atoms with Gasteiger partial charge >= 0.3 is 0 Å². The lowest BCUT2D eigenvalue weighted by Crippen LogP contribution is -2.35. The Morgan fingerprint density at radius 1 is 1.10 bits per heavy atom. The monoisotopic (exact) mass is 448 g/mol. The zero-order valence-electron chi connectivity index (χ0n) is 16.9. The molecule has 8 heteroatoms. The Morgan fingerprint density at radius 3 is 2.33 bits per heavy atom. The van der Waals surface area contributed by atoms with Gasteiger partial charge in [0.25, 0.3) is 11.7 Å². The number of benzene rings is 2. The highest BCUT2D eigenvalue weighted by Gasteiger charge is 2.46. The SMILES string of the molecule is COc1ccc(C(O)=C2C(=O)C(=O)N(CCN(C)C)C2c2ccc(Cl)c(Cl)c2)cc1. The van der Waals surface area contributed by atoms with Gasteiger partial charge in [0.15, 0.2) is 0 Å². The number of ether oxygens (including phenoxy) is 1. The minimum absolute atomic E-state index is 0.0160. The van der Waals surface area contributed by atoms with Crippen LogP contribution in [-0.4, -0.2) is 60.9 Å². The minimum atomic E-state index is -0.776. The summed E-state index contributed by atoms with van der Waals surface area (Å²) in [4.78, 5) is 29.1. The number of rotatable bonds is 6. The van der Waals surface area contributed by atoms with Crippen molar-refractivity contribution in [2.45, 2.75) is 6.04 Å². The van der Waals surface area contributed by atoms with E-state index in [1.54, 1.807) is 42.5 Å². The smallest absolute Gasteiger partial charge is 0.295 e. The molecule has 0 radical (unpaired) electrons. The number of hydrogen-bond donors (Lipinski definition) is 1. The molecule has 1 saturated heterocycles. The molecule has 1 unspecified atom stereocenters. The summed E-state index contributed by atoms with van der Waals surface area (Å²) in [6.45, 7) is 0.856. The molecule has 0 saturated carbocycles. The number of ketones is 1. The summed E-state index contributed by atoms with van der Waals surface area (Å²) in [6.07, 6.45) is 0. The minimum Gasteiger partial charge on any atom is -0.507 e. The molecule has 1 N–H and O–H groups in total. The van der Waals surface area contributed by atoms with Gasteiger partial charge in [-0.1, -0.05) is 29.3 Å². The van der Waals surface area contributed by atoms with Crippen molar-refractivity contribution in [3.8, 4) is 5.75 Å². The summed E-state index contributed by atoms with van der Waals surface area (Å²) < 4.78 is 5.14. The van der Waals surface area contributed by atoms with E-state index in [4.69, 9.17) is 27.9 Å². The van der Waals surface area contributed by atoms with Gasteiger partial charge in [-0.2, -0.15) is 0 Å². The zero-order valence-corrected chi connectivity index (χ0v) is 18.4. The van der Waals surface area contributed by atoms with Gasteiger partial charge in [0.1, 0.15) is 11.5 Å². The lowest BCUT2D eigenvalue weighted by atomic mass is 9.95. The largest absolute Gasteiger partial charge is 0.507 e. The highest BCUT2D eigenvalue weighted by molar-refractivity contribution is 6.46. The van der Waals surface area contributed by atoms with Gasteiger partial charge in [-0.15, -0.1) is 0 Å². The number of likely N-dealkylation sites (N-methyl/N-ethyl adjacent to an activating group) is 1.